The summed E-state index contributed by atoms with van der Waals surface area (Å²) in [7, 11) is 3.38. The molecule has 1 aromatic rings. The van der Waals surface area contributed by atoms with E-state index in [4.69, 9.17) is 0 Å². The smallest absolute Gasteiger partial charge is 0.251 e. The fourth-order valence-electron chi connectivity index (χ4n) is 1.73. The molecular weight excluding hydrogens is 264 g/mol. The molecule has 5 nitrogen and oxygen atoms in total. The van der Waals surface area contributed by atoms with Crippen LogP contribution in [0.1, 0.15) is 36.7 Å². The molecule has 0 aromatic heterocycles. The van der Waals surface area contributed by atoms with E-state index < -0.39 is 0 Å². The third kappa shape index (κ3) is 5.45. The second-order valence-electron chi connectivity index (χ2n) is 5.38. The summed E-state index contributed by atoms with van der Waals surface area (Å²) in [6, 6.07) is 7.89. The highest BCUT2D eigenvalue weighted by molar-refractivity contribution is 5.94. The lowest BCUT2D eigenvalue weighted by Crippen LogP contribution is -2.43. The minimum Gasteiger partial charge on any atom is -0.355 e. The van der Waals surface area contributed by atoms with Crippen molar-refractivity contribution in [3.05, 3.63) is 35.4 Å². The maximum absolute atomic E-state index is 11.6. The van der Waals surface area contributed by atoms with Crippen molar-refractivity contribution in [2.45, 2.75) is 33.4 Å². The highest BCUT2D eigenvalue weighted by Gasteiger charge is 2.09. The van der Waals surface area contributed by atoms with Gasteiger partial charge in [0.25, 0.3) is 5.91 Å². The van der Waals surface area contributed by atoms with Gasteiger partial charge in [-0.05, 0) is 30.5 Å². The van der Waals surface area contributed by atoms with E-state index in [-0.39, 0.29) is 5.91 Å². The highest BCUT2D eigenvalue weighted by Crippen LogP contribution is 2.05. The number of hydrogen-bond donors (Lipinski definition) is 3. The van der Waals surface area contributed by atoms with E-state index in [1.54, 1.807) is 20.2 Å². The summed E-state index contributed by atoms with van der Waals surface area (Å²) in [4.78, 5) is 15.8. The molecule has 0 radical (unpaired) electrons. The molecule has 1 rings (SSSR count). The Labute approximate surface area is 127 Å². The van der Waals surface area contributed by atoms with E-state index in [1.807, 2.05) is 18.2 Å². The van der Waals surface area contributed by atoms with E-state index in [0.717, 1.165) is 11.5 Å². The normalized spacial score (nSPS) is 13.0. The van der Waals surface area contributed by atoms with Crippen LogP contribution in [-0.4, -0.2) is 32.0 Å². The molecule has 0 saturated heterocycles. The zero-order chi connectivity index (χ0) is 15.8. The maximum Gasteiger partial charge on any atom is 0.251 e. The summed E-state index contributed by atoms with van der Waals surface area (Å²) in [6.45, 7) is 7.08. The Balaban J connectivity index is 2.63. The van der Waals surface area contributed by atoms with Gasteiger partial charge in [-0.25, -0.2) is 0 Å². The molecule has 1 aromatic carbocycles. The lowest BCUT2D eigenvalue weighted by Gasteiger charge is -2.20. The summed E-state index contributed by atoms with van der Waals surface area (Å²) < 4.78 is 0. The van der Waals surface area contributed by atoms with E-state index >= 15 is 0 Å². The Morgan fingerprint density at radius 1 is 1.29 bits per heavy atom. The number of benzene rings is 1. The fraction of sp³-hybridized carbons (Fsp3) is 0.500. The number of hydrogen-bond acceptors (Lipinski definition) is 2. The summed E-state index contributed by atoms with van der Waals surface area (Å²) in [5.41, 5.74) is 1.70. The second-order valence-corrected chi connectivity index (χ2v) is 5.38. The van der Waals surface area contributed by atoms with Crippen molar-refractivity contribution in [3.8, 4) is 0 Å². The molecule has 1 atom stereocenters. The first-order valence-electron chi connectivity index (χ1n) is 7.26. The van der Waals surface area contributed by atoms with Crippen molar-refractivity contribution in [1.29, 1.82) is 0 Å². The Kier molecular flexibility index (Phi) is 6.72. The second kappa shape index (κ2) is 8.29. The first-order valence-corrected chi connectivity index (χ1v) is 7.26. The van der Waals surface area contributed by atoms with Crippen LogP contribution in [0.4, 0.5) is 0 Å². The quantitative estimate of drug-likeness (QED) is 0.572. The van der Waals surface area contributed by atoms with Gasteiger partial charge < -0.3 is 16.0 Å². The van der Waals surface area contributed by atoms with Crippen LogP contribution in [0.3, 0.4) is 0 Å². The molecule has 5 heteroatoms. The van der Waals surface area contributed by atoms with Crippen LogP contribution in [-0.2, 0) is 6.54 Å². The zero-order valence-corrected chi connectivity index (χ0v) is 13.5. The Morgan fingerprint density at radius 3 is 2.57 bits per heavy atom. The number of nitrogens with one attached hydrogen (secondary N) is 3. The molecule has 0 aliphatic carbocycles. The Morgan fingerprint density at radius 2 is 2.00 bits per heavy atom. The van der Waals surface area contributed by atoms with E-state index in [0.29, 0.717) is 24.1 Å². The van der Waals surface area contributed by atoms with Crippen LogP contribution >= 0.6 is 0 Å². The predicted molar refractivity (Wildman–Crippen MR) is 87.5 cm³/mol. The first-order chi connectivity index (χ1) is 9.97. The van der Waals surface area contributed by atoms with Crippen molar-refractivity contribution < 1.29 is 4.79 Å². The molecule has 116 valence electrons. The predicted octanol–water partition coefficient (Wildman–Crippen LogP) is 1.76. The Hall–Kier alpha value is -2.04. The first kappa shape index (κ1) is 17.0. The number of carbonyl (C=O) groups is 1. The van der Waals surface area contributed by atoms with Crippen LogP contribution in [0, 0.1) is 5.92 Å². The van der Waals surface area contributed by atoms with E-state index in [9.17, 15) is 4.79 Å². The third-order valence-electron chi connectivity index (χ3n) is 3.46. The number of carbonyl (C=O) groups excluding carboxylic acids is 1. The van der Waals surface area contributed by atoms with Crippen LogP contribution < -0.4 is 16.0 Å². The molecule has 0 aliphatic rings. The van der Waals surface area contributed by atoms with Gasteiger partial charge in [-0.15, -0.1) is 0 Å². The van der Waals surface area contributed by atoms with Crippen LogP contribution in [0.15, 0.2) is 29.3 Å². The molecule has 0 fully saturated rings. The molecule has 21 heavy (non-hydrogen) atoms. The van der Waals surface area contributed by atoms with Gasteiger partial charge in [0.05, 0.1) is 0 Å². The van der Waals surface area contributed by atoms with Crippen molar-refractivity contribution in [2.75, 3.05) is 14.1 Å². The third-order valence-corrected chi connectivity index (χ3v) is 3.46. The van der Waals surface area contributed by atoms with Gasteiger partial charge in [0.15, 0.2) is 5.96 Å². The van der Waals surface area contributed by atoms with E-state index in [2.05, 4.69) is 41.7 Å². The van der Waals surface area contributed by atoms with Gasteiger partial charge in [0.1, 0.15) is 0 Å². The number of guanidine groups is 1. The van der Waals surface area contributed by atoms with Crippen LogP contribution in [0.2, 0.25) is 0 Å². The van der Waals surface area contributed by atoms with E-state index in [1.165, 1.54) is 0 Å². The molecule has 1 unspecified atom stereocenters. The average Bonchev–Trinajstić information content (AvgIpc) is 2.50. The summed E-state index contributed by atoms with van der Waals surface area (Å²) in [6.07, 6.45) is 0. The molecule has 0 saturated carbocycles. The Bertz CT molecular complexity index is 497. The molecule has 1 amide bonds. The number of rotatable bonds is 5. The standard InChI is InChI=1S/C16H26N4O/c1-11(2)12(3)20-16(18-5)19-10-13-7-6-8-14(9-13)15(21)17-4/h6-9,11-12H,10H2,1-5H3,(H,17,21)(H2,18,19,20). The van der Waals surface area contributed by atoms with Crippen molar-refractivity contribution >= 4 is 11.9 Å². The molecule has 3 N–H and O–H groups in total. The summed E-state index contributed by atoms with van der Waals surface area (Å²) >= 11 is 0. The van der Waals surface area contributed by atoms with Gasteiger partial charge in [-0.1, -0.05) is 26.0 Å². The van der Waals surface area contributed by atoms with Gasteiger partial charge in [0.2, 0.25) is 0 Å². The number of nitrogens with zero attached hydrogens (tertiary/aromatic N) is 1. The average molecular weight is 290 g/mol. The summed E-state index contributed by atoms with van der Waals surface area (Å²) in [5.74, 6) is 1.22. The van der Waals surface area contributed by atoms with Gasteiger partial charge in [-0.3, -0.25) is 9.79 Å². The van der Waals surface area contributed by atoms with Crippen molar-refractivity contribution in [2.24, 2.45) is 10.9 Å². The molecule has 0 aliphatic heterocycles. The minimum atomic E-state index is -0.0761. The SMILES string of the molecule is CN=C(NCc1cccc(C(=O)NC)c1)NC(C)C(C)C. The highest BCUT2D eigenvalue weighted by atomic mass is 16.1. The molecule has 0 heterocycles. The maximum atomic E-state index is 11.6. The van der Waals surface area contributed by atoms with Gasteiger partial charge in [0, 0.05) is 32.2 Å². The van der Waals surface area contributed by atoms with Crippen molar-refractivity contribution in [1.82, 2.24) is 16.0 Å². The van der Waals surface area contributed by atoms with Gasteiger partial charge >= 0.3 is 0 Å². The van der Waals surface area contributed by atoms with Crippen LogP contribution in [0.5, 0.6) is 0 Å². The lowest BCUT2D eigenvalue weighted by molar-refractivity contribution is 0.0963. The molecular formula is C16H26N4O. The molecule has 0 bridgehead atoms. The fourth-order valence-corrected chi connectivity index (χ4v) is 1.73. The van der Waals surface area contributed by atoms with Crippen LogP contribution in [0.25, 0.3) is 0 Å². The topological polar surface area (TPSA) is 65.5 Å². The van der Waals surface area contributed by atoms with Crippen molar-refractivity contribution in [3.63, 3.8) is 0 Å². The number of amides is 1. The molecule has 0 spiro atoms. The lowest BCUT2D eigenvalue weighted by atomic mass is 10.1. The number of aliphatic imine (C=N–C) groups is 1. The zero-order valence-electron chi connectivity index (χ0n) is 13.5. The largest absolute Gasteiger partial charge is 0.355 e. The van der Waals surface area contributed by atoms with Gasteiger partial charge in [-0.2, -0.15) is 0 Å². The summed E-state index contributed by atoms with van der Waals surface area (Å²) in [5, 5.41) is 9.23. The minimum absolute atomic E-state index is 0.0761. The monoisotopic (exact) mass is 290 g/mol.